The molecule has 70 valence electrons. The Morgan fingerprint density at radius 1 is 1.43 bits per heavy atom. The van der Waals surface area contributed by atoms with Crippen molar-refractivity contribution in [1.29, 1.82) is 5.26 Å². The molecule has 2 aromatic rings. The lowest BCUT2D eigenvalue weighted by Crippen LogP contribution is -1.70. The monoisotopic (exact) mass is 239 g/mol. The van der Waals surface area contributed by atoms with Gasteiger partial charge in [0.25, 0.3) is 0 Å². The summed E-state index contributed by atoms with van der Waals surface area (Å²) in [5.74, 6) is 0. The van der Waals surface area contributed by atoms with Crippen LogP contribution in [0.4, 0.5) is 0 Å². The van der Waals surface area contributed by atoms with Crippen LogP contribution < -0.4 is 0 Å². The molecule has 0 atom stereocenters. The molecule has 0 aliphatic carbocycles. The van der Waals surface area contributed by atoms with E-state index in [1.165, 1.54) is 0 Å². The molecule has 0 fully saturated rings. The lowest BCUT2D eigenvalue weighted by atomic mass is 10.2. The van der Waals surface area contributed by atoms with E-state index in [4.69, 9.17) is 16.9 Å². The molecule has 1 aromatic carbocycles. The van der Waals surface area contributed by atoms with Crippen LogP contribution in [-0.2, 0) is 6.42 Å². The summed E-state index contributed by atoms with van der Waals surface area (Å²) in [4.78, 5) is 1.92. The van der Waals surface area contributed by atoms with Crippen molar-refractivity contribution in [2.75, 3.05) is 0 Å². The third kappa shape index (κ3) is 1.74. The number of benzene rings is 1. The molecule has 0 spiro atoms. The van der Waals surface area contributed by atoms with Crippen molar-refractivity contribution in [1.82, 2.24) is 0 Å². The van der Waals surface area contributed by atoms with Gasteiger partial charge in [0, 0.05) is 24.9 Å². The molecule has 0 saturated carbocycles. The topological polar surface area (TPSA) is 23.8 Å². The number of thiol groups is 1. The van der Waals surface area contributed by atoms with Crippen LogP contribution in [0.1, 0.15) is 4.88 Å². The van der Waals surface area contributed by atoms with Gasteiger partial charge in [0.15, 0.2) is 0 Å². The van der Waals surface area contributed by atoms with Crippen molar-refractivity contribution < 1.29 is 0 Å². The van der Waals surface area contributed by atoms with E-state index in [1.807, 2.05) is 18.2 Å². The summed E-state index contributed by atoms with van der Waals surface area (Å²) in [6, 6.07) is 7.85. The van der Waals surface area contributed by atoms with Crippen LogP contribution in [0, 0.1) is 11.3 Å². The summed E-state index contributed by atoms with van der Waals surface area (Å²) < 4.78 is 1.09. The van der Waals surface area contributed by atoms with Gasteiger partial charge in [-0.2, -0.15) is 5.26 Å². The molecular weight excluding hydrogens is 234 g/mol. The molecule has 1 nitrogen and oxygen atoms in total. The summed E-state index contributed by atoms with van der Waals surface area (Å²) in [6.45, 7) is 0. The second-order valence-electron chi connectivity index (χ2n) is 2.88. The van der Waals surface area contributed by atoms with Crippen molar-refractivity contribution in [2.24, 2.45) is 0 Å². The molecular formula is C10H6ClNS2. The van der Waals surface area contributed by atoms with Crippen LogP contribution in [-0.4, -0.2) is 0 Å². The maximum absolute atomic E-state index is 8.58. The number of nitrogens with zero attached hydrogens (tertiary/aromatic N) is 1. The zero-order valence-electron chi connectivity index (χ0n) is 7.12. The van der Waals surface area contributed by atoms with Crippen molar-refractivity contribution in [2.45, 2.75) is 11.3 Å². The van der Waals surface area contributed by atoms with E-state index in [1.54, 1.807) is 11.3 Å². The largest absolute Gasteiger partial charge is 0.198 e. The van der Waals surface area contributed by atoms with E-state index in [0.29, 0.717) is 11.4 Å². The highest BCUT2D eigenvalue weighted by Gasteiger charge is 2.05. The van der Waals surface area contributed by atoms with E-state index < -0.39 is 0 Å². The summed E-state index contributed by atoms with van der Waals surface area (Å²) in [6.07, 6.45) is 0.449. The van der Waals surface area contributed by atoms with Gasteiger partial charge in [-0.15, -0.1) is 24.0 Å². The fourth-order valence-electron chi connectivity index (χ4n) is 1.31. The van der Waals surface area contributed by atoms with E-state index in [9.17, 15) is 0 Å². The van der Waals surface area contributed by atoms with Crippen LogP contribution >= 0.6 is 35.6 Å². The van der Waals surface area contributed by atoms with Gasteiger partial charge in [-0.3, -0.25) is 0 Å². The second kappa shape index (κ2) is 3.82. The van der Waals surface area contributed by atoms with Crippen LogP contribution in [0.15, 0.2) is 23.1 Å². The lowest BCUT2D eigenvalue weighted by Gasteiger charge is -1.94. The number of fused-ring (bicyclic) bond motifs is 1. The Hall–Kier alpha value is -0.690. The summed E-state index contributed by atoms with van der Waals surface area (Å²) in [7, 11) is 0. The third-order valence-corrected chi connectivity index (χ3v) is 3.55. The Kier molecular flexibility index (Phi) is 2.69. The van der Waals surface area contributed by atoms with E-state index in [0.717, 1.165) is 19.9 Å². The van der Waals surface area contributed by atoms with Crippen LogP contribution in [0.25, 0.3) is 10.1 Å². The van der Waals surface area contributed by atoms with Gasteiger partial charge < -0.3 is 0 Å². The zero-order valence-corrected chi connectivity index (χ0v) is 9.59. The number of nitriles is 1. The first-order valence-corrected chi connectivity index (χ1v) is 5.63. The molecule has 0 radical (unpaired) electrons. The number of hydrogen-bond donors (Lipinski definition) is 1. The van der Waals surface area contributed by atoms with Crippen molar-refractivity contribution in [3.05, 3.63) is 28.1 Å². The highest BCUT2D eigenvalue weighted by atomic mass is 35.5. The molecule has 0 N–H and O–H groups in total. The molecule has 4 heteroatoms. The quantitative estimate of drug-likeness (QED) is 0.750. The first-order chi connectivity index (χ1) is 6.70. The molecule has 0 aliphatic heterocycles. The Labute approximate surface area is 96.3 Å². The van der Waals surface area contributed by atoms with Gasteiger partial charge >= 0.3 is 0 Å². The molecule has 2 rings (SSSR count). The van der Waals surface area contributed by atoms with Gasteiger partial charge in [-0.25, -0.2) is 0 Å². The highest BCUT2D eigenvalue weighted by Crippen LogP contribution is 2.33. The average molecular weight is 240 g/mol. The van der Waals surface area contributed by atoms with Gasteiger partial charge in [0.1, 0.15) is 0 Å². The second-order valence-corrected chi connectivity index (χ2v) is 4.97. The molecule has 1 heterocycles. The van der Waals surface area contributed by atoms with Gasteiger partial charge in [-0.1, -0.05) is 11.6 Å². The Bertz CT molecular complexity index is 525. The fourth-order valence-corrected chi connectivity index (χ4v) is 3.12. The van der Waals surface area contributed by atoms with Crippen molar-refractivity contribution in [3.8, 4) is 6.07 Å². The Morgan fingerprint density at radius 2 is 2.21 bits per heavy atom. The Balaban J connectivity index is 2.66. The normalized spacial score (nSPS) is 10.4. The molecule has 0 saturated heterocycles. The van der Waals surface area contributed by atoms with Crippen LogP contribution in [0.2, 0.25) is 5.02 Å². The van der Waals surface area contributed by atoms with Crippen molar-refractivity contribution in [3.63, 3.8) is 0 Å². The molecule has 14 heavy (non-hydrogen) atoms. The Morgan fingerprint density at radius 3 is 2.93 bits per heavy atom. The summed E-state index contributed by atoms with van der Waals surface area (Å²) >= 11 is 11.8. The standard InChI is InChI=1S/C10H6ClNS2/c11-6-3-9(13)8-5-7(1-2-12)14-10(8)4-6/h3-5,13H,1H2. The van der Waals surface area contributed by atoms with Crippen LogP contribution in [0.3, 0.4) is 0 Å². The summed E-state index contributed by atoms with van der Waals surface area (Å²) in [5.41, 5.74) is 0. The van der Waals surface area contributed by atoms with E-state index >= 15 is 0 Å². The number of rotatable bonds is 1. The first kappa shape index (κ1) is 9.85. The highest BCUT2D eigenvalue weighted by molar-refractivity contribution is 7.80. The molecule has 1 aromatic heterocycles. The summed E-state index contributed by atoms with van der Waals surface area (Å²) in [5, 5.41) is 10.3. The average Bonchev–Trinajstić information content (AvgIpc) is 2.48. The predicted octanol–water partition coefficient (Wildman–Crippen LogP) is 3.91. The van der Waals surface area contributed by atoms with Gasteiger partial charge in [0.2, 0.25) is 0 Å². The van der Waals surface area contributed by atoms with Gasteiger partial charge in [0.05, 0.1) is 12.5 Å². The number of halogens is 1. The van der Waals surface area contributed by atoms with E-state index in [2.05, 4.69) is 18.7 Å². The SMILES string of the molecule is N#CCc1cc2c(S)cc(Cl)cc2s1. The third-order valence-electron chi connectivity index (χ3n) is 1.88. The fraction of sp³-hybridized carbons (Fsp3) is 0.100. The van der Waals surface area contributed by atoms with E-state index in [-0.39, 0.29) is 0 Å². The molecule has 0 unspecified atom stereocenters. The van der Waals surface area contributed by atoms with Gasteiger partial charge in [-0.05, 0) is 18.2 Å². The number of hydrogen-bond acceptors (Lipinski definition) is 3. The maximum atomic E-state index is 8.58. The molecule has 0 bridgehead atoms. The maximum Gasteiger partial charge on any atom is 0.0696 e. The van der Waals surface area contributed by atoms with Crippen molar-refractivity contribution >= 4 is 45.7 Å². The van der Waals surface area contributed by atoms with Crippen LogP contribution in [0.5, 0.6) is 0 Å². The predicted molar refractivity (Wildman–Crippen MR) is 63.4 cm³/mol. The minimum Gasteiger partial charge on any atom is -0.198 e. The molecule has 0 amide bonds. The smallest absolute Gasteiger partial charge is 0.0696 e. The minimum atomic E-state index is 0.449. The lowest BCUT2D eigenvalue weighted by molar-refractivity contribution is 1.32. The first-order valence-electron chi connectivity index (χ1n) is 3.98. The zero-order chi connectivity index (χ0) is 10.1. The minimum absolute atomic E-state index is 0.449. The molecule has 0 aliphatic rings. The number of thiophene rings is 1.